The Morgan fingerprint density at radius 1 is 1.06 bits per heavy atom. The van der Waals surface area contributed by atoms with Crippen LogP contribution in [0.2, 0.25) is 0 Å². The van der Waals surface area contributed by atoms with Gasteiger partial charge in [-0.1, -0.05) is 42.5 Å². The fourth-order valence-electron chi connectivity index (χ4n) is 4.87. The minimum absolute atomic E-state index is 0.0729. The van der Waals surface area contributed by atoms with Gasteiger partial charge in [0, 0.05) is 12.2 Å². The van der Waals surface area contributed by atoms with E-state index >= 15 is 0 Å². The molecule has 3 aromatic carbocycles. The number of benzene rings is 3. The molecule has 172 valence electrons. The summed E-state index contributed by atoms with van der Waals surface area (Å²) in [5, 5.41) is 16.5. The Morgan fingerprint density at radius 3 is 2.45 bits per heavy atom. The van der Waals surface area contributed by atoms with Gasteiger partial charge in [0.15, 0.2) is 0 Å². The zero-order valence-corrected chi connectivity index (χ0v) is 19.6. The number of phenols is 1. The number of phenolic OH excluding ortho intramolecular Hbond substituents is 1. The molecule has 0 saturated heterocycles. The van der Waals surface area contributed by atoms with Crippen LogP contribution in [0.15, 0.2) is 54.6 Å². The van der Waals surface area contributed by atoms with Gasteiger partial charge in [0.2, 0.25) is 5.91 Å². The van der Waals surface area contributed by atoms with Crippen molar-refractivity contribution in [3.63, 3.8) is 0 Å². The van der Waals surface area contributed by atoms with E-state index in [0.717, 1.165) is 47.3 Å². The molecule has 3 aromatic rings. The molecule has 0 unspecified atom stereocenters. The number of aryl methyl sites for hydroxylation is 3. The van der Waals surface area contributed by atoms with Gasteiger partial charge in [0.1, 0.15) is 5.75 Å². The van der Waals surface area contributed by atoms with Crippen molar-refractivity contribution in [3.8, 4) is 5.75 Å². The fraction of sp³-hybridized carbons (Fsp3) is 0.321. The first-order valence-electron chi connectivity index (χ1n) is 11.6. The number of amides is 1. The predicted molar refractivity (Wildman–Crippen MR) is 134 cm³/mol. The molecular formula is C28H33N3O2. The van der Waals surface area contributed by atoms with Gasteiger partial charge in [0.25, 0.3) is 0 Å². The number of hydrogen-bond acceptors (Lipinski definition) is 4. The molecule has 5 nitrogen and oxygen atoms in total. The number of nitrogens with one attached hydrogen (secondary N) is 2. The number of carbonyl (C=O) groups excluding carboxylic acids is 1. The number of carbonyl (C=O) groups is 1. The van der Waals surface area contributed by atoms with Crippen LogP contribution in [0.4, 0.5) is 5.69 Å². The lowest BCUT2D eigenvalue weighted by molar-refractivity contribution is -0.123. The van der Waals surface area contributed by atoms with Crippen LogP contribution in [0.5, 0.6) is 5.75 Å². The number of aromatic hydroxyl groups is 1. The Kier molecular flexibility index (Phi) is 6.70. The first kappa shape index (κ1) is 22.9. The summed E-state index contributed by atoms with van der Waals surface area (Å²) < 4.78 is 0. The average Bonchev–Trinajstić information content (AvgIpc) is 2.77. The molecule has 33 heavy (non-hydrogen) atoms. The summed E-state index contributed by atoms with van der Waals surface area (Å²) in [5.41, 5.74) is 15.2. The van der Waals surface area contributed by atoms with E-state index < -0.39 is 6.04 Å². The Morgan fingerprint density at radius 2 is 1.76 bits per heavy atom. The highest BCUT2D eigenvalue weighted by Gasteiger charge is 2.26. The zero-order valence-electron chi connectivity index (χ0n) is 19.6. The van der Waals surface area contributed by atoms with Crippen molar-refractivity contribution >= 4 is 11.6 Å². The van der Waals surface area contributed by atoms with Gasteiger partial charge >= 0.3 is 0 Å². The molecule has 4 rings (SSSR count). The summed E-state index contributed by atoms with van der Waals surface area (Å²) in [5.74, 6) is 0.0885. The van der Waals surface area contributed by atoms with Crippen LogP contribution in [-0.2, 0) is 17.6 Å². The molecule has 0 aromatic heterocycles. The highest BCUT2D eigenvalue weighted by atomic mass is 16.3. The number of rotatable bonds is 6. The third kappa shape index (κ3) is 5.20. The van der Waals surface area contributed by atoms with Crippen LogP contribution >= 0.6 is 0 Å². The molecule has 1 aliphatic rings. The van der Waals surface area contributed by atoms with Gasteiger partial charge in [-0.05, 0) is 91.1 Å². The Hall–Kier alpha value is -3.31. The van der Waals surface area contributed by atoms with Crippen LogP contribution < -0.4 is 16.4 Å². The van der Waals surface area contributed by atoms with E-state index in [1.54, 1.807) is 12.1 Å². The molecule has 0 aliphatic carbocycles. The van der Waals surface area contributed by atoms with E-state index in [4.69, 9.17) is 5.73 Å². The first-order valence-corrected chi connectivity index (χ1v) is 11.6. The van der Waals surface area contributed by atoms with E-state index in [0.29, 0.717) is 6.42 Å². The fourth-order valence-corrected chi connectivity index (χ4v) is 4.87. The summed E-state index contributed by atoms with van der Waals surface area (Å²) in [6.07, 6.45) is 2.11. The predicted octanol–water partition coefficient (Wildman–Crippen LogP) is 4.45. The quantitative estimate of drug-likeness (QED) is 0.453. The van der Waals surface area contributed by atoms with Gasteiger partial charge < -0.3 is 21.5 Å². The molecular weight excluding hydrogens is 410 g/mol. The van der Waals surface area contributed by atoms with Crippen LogP contribution in [0.1, 0.15) is 51.4 Å². The molecule has 5 N–H and O–H groups in total. The summed E-state index contributed by atoms with van der Waals surface area (Å²) in [7, 11) is 0. The zero-order chi connectivity index (χ0) is 23.5. The molecule has 2 atom stereocenters. The maximum atomic E-state index is 13.1. The molecule has 0 fully saturated rings. The lowest BCUT2D eigenvalue weighted by Gasteiger charge is -2.30. The van der Waals surface area contributed by atoms with Crippen LogP contribution in [0.3, 0.4) is 0 Å². The number of fused-ring (bicyclic) bond motifs is 1. The largest absolute Gasteiger partial charge is 0.508 e. The van der Waals surface area contributed by atoms with Crippen LogP contribution in [0.25, 0.3) is 0 Å². The second-order valence-corrected chi connectivity index (χ2v) is 9.18. The minimum Gasteiger partial charge on any atom is -0.508 e. The molecule has 1 heterocycles. The van der Waals surface area contributed by atoms with E-state index in [9.17, 15) is 9.90 Å². The number of hydrogen-bond donors (Lipinski definition) is 4. The van der Waals surface area contributed by atoms with Crippen molar-refractivity contribution < 1.29 is 9.90 Å². The molecule has 1 amide bonds. The number of nitrogens with two attached hydrogens (primary N) is 1. The second kappa shape index (κ2) is 9.67. The van der Waals surface area contributed by atoms with Gasteiger partial charge in [-0.25, -0.2) is 0 Å². The van der Waals surface area contributed by atoms with Crippen molar-refractivity contribution in [2.45, 2.75) is 52.1 Å². The van der Waals surface area contributed by atoms with Gasteiger partial charge in [0.05, 0.1) is 12.1 Å². The maximum absolute atomic E-state index is 13.1. The van der Waals surface area contributed by atoms with Crippen molar-refractivity contribution in [1.29, 1.82) is 0 Å². The molecule has 5 heteroatoms. The molecule has 0 saturated carbocycles. The molecule has 0 spiro atoms. The SMILES string of the molecule is Cc1cc(O)cc(C)c1C[C@H](N)C(=O)N[C@@H]1CCNc2c(C)cc(Cc3ccccc3)cc21. The van der Waals surface area contributed by atoms with Crippen LogP contribution in [-0.4, -0.2) is 23.6 Å². The van der Waals surface area contributed by atoms with E-state index in [1.165, 1.54) is 16.7 Å². The highest BCUT2D eigenvalue weighted by molar-refractivity contribution is 5.83. The van der Waals surface area contributed by atoms with Crippen molar-refractivity contribution in [2.75, 3.05) is 11.9 Å². The normalized spacial score (nSPS) is 15.9. The van der Waals surface area contributed by atoms with Gasteiger partial charge in [-0.15, -0.1) is 0 Å². The lowest BCUT2D eigenvalue weighted by Crippen LogP contribution is -2.45. The molecule has 0 radical (unpaired) electrons. The van der Waals surface area contributed by atoms with Gasteiger partial charge in [-0.3, -0.25) is 4.79 Å². The van der Waals surface area contributed by atoms with Crippen LogP contribution in [0, 0.1) is 20.8 Å². The molecule has 1 aliphatic heterocycles. The Labute approximate surface area is 196 Å². The lowest BCUT2D eigenvalue weighted by atomic mass is 9.90. The summed E-state index contributed by atoms with van der Waals surface area (Å²) in [4.78, 5) is 13.1. The van der Waals surface area contributed by atoms with E-state index in [-0.39, 0.29) is 17.7 Å². The third-order valence-corrected chi connectivity index (χ3v) is 6.55. The minimum atomic E-state index is -0.654. The standard InChI is InChI=1S/C28H33N3O2/c1-17-12-22(32)13-18(2)23(17)16-25(29)28(33)31-26-9-10-30-27-19(3)11-21(15-24(26)27)14-20-7-5-4-6-8-20/h4-8,11-13,15,25-26,30,32H,9-10,14,16,29H2,1-3H3,(H,31,33)/t25-,26+/m0/s1. The monoisotopic (exact) mass is 443 g/mol. The molecule has 0 bridgehead atoms. The number of anilines is 1. The van der Waals surface area contributed by atoms with Crippen molar-refractivity contribution in [1.82, 2.24) is 5.32 Å². The second-order valence-electron chi connectivity index (χ2n) is 9.18. The first-order chi connectivity index (χ1) is 15.8. The van der Waals surface area contributed by atoms with Gasteiger partial charge in [-0.2, -0.15) is 0 Å². The van der Waals surface area contributed by atoms with Crippen molar-refractivity contribution in [3.05, 3.63) is 93.5 Å². The highest BCUT2D eigenvalue weighted by Crippen LogP contribution is 2.34. The Balaban J connectivity index is 1.52. The average molecular weight is 444 g/mol. The van der Waals surface area contributed by atoms with E-state index in [1.807, 2.05) is 19.9 Å². The van der Waals surface area contributed by atoms with Crippen molar-refractivity contribution in [2.24, 2.45) is 5.73 Å². The maximum Gasteiger partial charge on any atom is 0.237 e. The topological polar surface area (TPSA) is 87.4 Å². The summed E-state index contributed by atoms with van der Waals surface area (Å²) in [6, 6.07) is 17.6. The summed E-state index contributed by atoms with van der Waals surface area (Å²) >= 11 is 0. The third-order valence-electron chi connectivity index (χ3n) is 6.55. The van der Waals surface area contributed by atoms with E-state index in [2.05, 4.69) is 54.0 Å². The smallest absolute Gasteiger partial charge is 0.237 e. The summed E-state index contributed by atoms with van der Waals surface area (Å²) in [6.45, 7) is 6.80. The Bertz CT molecular complexity index is 1130.